The van der Waals surface area contributed by atoms with Crippen molar-refractivity contribution in [3.8, 4) is 0 Å². The van der Waals surface area contributed by atoms with Gasteiger partial charge in [-0.25, -0.2) is 9.37 Å². The smallest absolute Gasteiger partial charge is 0.172 e. The van der Waals surface area contributed by atoms with Crippen LogP contribution in [0.5, 0.6) is 0 Å². The van der Waals surface area contributed by atoms with E-state index in [9.17, 15) is 9.18 Å². The summed E-state index contributed by atoms with van der Waals surface area (Å²) < 4.78 is 14.7. The summed E-state index contributed by atoms with van der Waals surface area (Å²) in [7, 11) is 1.68. The number of carbonyl (C=O) groups is 1. The van der Waals surface area contributed by atoms with Gasteiger partial charge in [-0.05, 0) is 12.1 Å². The normalized spacial score (nSPS) is 10.5. The molecule has 1 aromatic carbocycles. The number of nitrogens with zero attached hydrogens (tertiary/aromatic N) is 3. The van der Waals surface area contributed by atoms with Gasteiger partial charge in [0.05, 0.1) is 11.4 Å². The molecule has 0 aliphatic rings. The van der Waals surface area contributed by atoms with Crippen LogP contribution in [0.1, 0.15) is 16.2 Å². The minimum atomic E-state index is -0.601. The molecule has 0 saturated heterocycles. The SMILES string of the molecule is Cn1ncnc1CC(=O)c1cccc(F)c1Cl. The highest BCUT2D eigenvalue weighted by molar-refractivity contribution is 6.34. The van der Waals surface area contributed by atoms with Crippen LogP contribution in [0.4, 0.5) is 4.39 Å². The number of aromatic nitrogens is 3. The van der Waals surface area contributed by atoms with E-state index in [2.05, 4.69) is 10.1 Å². The molecule has 17 heavy (non-hydrogen) atoms. The van der Waals surface area contributed by atoms with Crippen molar-refractivity contribution in [2.75, 3.05) is 0 Å². The summed E-state index contributed by atoms with van der Waals surface area (Å²) in [5.74, 6) is -0.378. The Labute approximate surface area is 102 Å². The number of benzene rings is 1. The van der Waals surface area contributed by atoms with Crippen LogP contribution in [0.2, 0.25) is 5.02 Å². The second-order valence-electron chi connectivity index (χ2n) is 3.50. The Kier molecular flexibility index (Phi) is 3.19. The maximum atomic E-state index is 13.2. The van der Waals surface area contributed by atoms with Gasteiger partial charge in [-0.15, -0.1) is 0 Å². The van der Waals surface area contributed by atoms with E-state index in [-0.39, 0.29) is 22.8 Å². The predicted molar refractivity (Wildman–Crippen MR) is 60.4 cm³/mol. The first-order valence-corrected chi connectivity index (χ1v) is 5.27. The number of halogens is 2. The van der Waals surface area contributed by atoms with Crippen LogP contribution in [0.25, 0.3) is 0 Å². The van der Waals surface area contributed by atoms with Gasteiger partial charge in [0.15, 0.2) is 5.78 Å². The van der Waals surface area contributed by atoms with E-state index in [1.165, 1.54) is 29.2 Å². The molecule has 0 amide bonds. The zero-order valence-corrected chi connectivity index (χ0v) is 9.78. The van der Waals surface area contributed by atoms with Crippen molar-refractivity contribution in [1.29, 1.82) is 0 Å². The molecular weight excluding hydrogens is 245 g/mol. The molecule has 1 aromatic heterocycles. The number of carbonyl (C=O) groups excluding carboxylic acids is 1. The van der Waals surface area contributed by atoms with E-state index in [4.69, 9.17) is 11.6 Å². The zero-order chi connectivity index (χ0) is 12.4. The van der Waals surface area contributed by atoms with Crippen LogP contribution < -0.4 is 0 Å². The molecule has 0 bridgehead atoms. The molecule has 0 unspecified atom stereocenters. The van der Waals surface area contributed by atoms with Crippen molar-refractivity contribution in [1.82, 2.24) is 14.8 Å². The molecule has 0 spiro atoms. The van der Waals surface area contributed by atoms with Gasteiger partial charge in [0.1, 0.15) is 18.0 Å². The Bertz CT molecular complexity index is 568. The molecule has 2 aromatic rings. The average molecular weight is 254 g/mol. The second kappa shape index (κ2) is 4.63. The summed E-state index contributed by atoms with van der Waals surface area (Å²) in [6.45, 7) is 0. The summed E-state index contributed by atoms with van der Waals surface area (Å²) in [4.78, 5) is 15.8. The van der Waals surface area contributed by atoms with E-state index < -0.39 is 5.82 Å². The highest BCUT2D eigenvalue weighted by Gasteiger charge is 2.15. The quantitative estimate of drug-likeness (QED) is 0.787. The molecule has 4 nitrogen and oxygen atoms in total. The van der Waals surface area contributed by atoms with Crippen LogP contribution in [0.15, 0.2) is 24.5 Å². The topological polar surface area (TPSA) is 47.8 Å². The fourth-order valence-electron chi connectivity index (χ4n) is 1.44. The molecule has 0 aliphatic heterocycles. The largest absolute Gasteiger partial charge is 0.294 e. The Morgan fingerprint density at radius 3 is 2.94 bits per heavy atom. The van der Waals surface area contributed by atoms with Gasteiger partial charge in [-0.3, -0.25) is 9.48 Å². The Hall–Kier alpha value is -1.75. The first-order chi connectivity index (χ1) is 8.09. The maximum Gasteiger partial charge on any atom is 0.172 e. The monoisotopic (exact) mass is 253 g/mol. The number of rotatable bonds is 3. The highest BCUT2D eigenvalue weighted by atomic mass is 35.5. The summed E-state index contributed by atoms with van der Waals surface area (Å²) in [5, 5.41) is 3.70. The number of hydrogen-bond acceptors (Lipinski definition) is 3. The molecule has 0 atom stereocenters. The van der Waals surface area contributed by atoms with Crippen LogP contribution >= 0.6 is 11.6 Å². The van der Waals surface area contributed by atoms with Gasteiger partial charge in [0, 0.05) is 12.6 Å². The molecule has 0 N–H and O–H groups in total. The van der Waals surface area contributed by atoms with Gasteiger partial charge in [-0.1, -0.05) is 17.7 Å². The zero-order valence-electron chi connectivity index (χ0n) is 9.02. The number of hydrogen-bond donors (Lipinski definition) is 0. The van der Waals surface area contributed by atoms with Crippen LogP contribution in [0.3, 0.4) is 0 Å². The maximum absolute atomic E-state index is 13.2. The Morgan fingerprint density at radius 1 is 1.53 bits per heavy atom. The molecule has 6 heteroatoms. The lowest BCUT2D eigenvalue weighted by Crippen LogP contribution is -2.10. The first-order valence-electron chi connectivity index (χ1n) is 4.89. The lowest BCUT2D eigenvalue weighted by Gasteiger charge is -2.03. The van der Waals surface area contributed by atoms with E-state index in [0.717, 1.165) is 0 Å². The Morgan fingerprint density at radius 2 is 2.29 bits per heavy atom. The van der Waals surface area contributed by atoms with Crippen LogP contribution in [0, 0.1) is 5.82 Å². The fourth-order valence-corrected chi connectivity index (χ4v) is 1.67. The van der Waals surface area contributed by atoms with Gasteiger partial charge in [0.2, 0.25) is 0 Å². The van der Waals surface area contributed by atoms with E-state index >= 15 is 0 Å². The van der Waals surface area contributed by atoms with Crippen molar-refractivity contribution in [2.45, 2.75) is 6.42 Å². The molecule has 1 heterocycles. The third kappa shape index (κ3) is 2.34. The molecule has 0 saturated carbocycles. The van der Waals surface area contributed by atoms with Gasteiger partial charge in [0.25, 0.3) is 0 Å². The molecule has 2 rings (SSSR count). The molecule has 0 radical (unpaired) electrons. The van der Waals surface area contributed by atoms with E-state index in [1.54, 1.807) is 7.05 Å². The van der Waals surface area contributed by atoms with Crippen molar-refractivity contribution in [3.05, 3.63) is 46.8 Å². The van der Waals surface area contributed by atoms with Gasteiger partial charge in [-0.2, -0.15) is 5.10 Å². The van der Waals surface area contributed by atoms with E-state index in [0.29, 0.717) is 5.82 Å². The number of Topliss-reactive ketones (excluding diaryl/α,β-unsaturated/α-hetero) is 1. The van der Waals surface area contributed by atoms with Crippen molar-refractivity contribution >= 4 is 17.4 Å². The number of aryl methyl sites for hydroxylation is 1. The van der Waals surface area contributed by atoms with Gasteiger partial charge >= 0.3 is 0 Å². The predicted octanol–water partition coefficient (Wildman–Crippen LogP) is 2.03. The first kappa shape index (κ1) is 11.7. The summed E-state index contributed by atoms with van der Waals surface area (Å²) >= 11 is 5.73. The third-order valence-electron chi connectivity index (χ3n) is 2.38. The summed E-state index contributed by atoms with van der Waals surface area (Å²) in [6.07, 6.45) is 1.40. The third-order valence-corrected chi connectivity index (χ3v) is 2.76. The Balaban J connectivity index is 2.27. The average Bonchev–Trinajstić information content (AvgIpc) is 2.68. The summed E-state index contributed by atoms with van der Waals surface area (Å²) in [5.41, 5.74) is 0.162. The lowest BCUT2D eigenvalue weighted by molar-refractivity contribution is 0.0989. The standard InChI is InChI=1S/C11H9ClFN3O/c1-16-10(14-6-15-16)5-9(17)7-3-2-4-8(13)11(7)12/h2-4,6H,5H2,1H3. The summed E-state index contributed by atoms with van der Waals surface area (Å²) in [6, 6.07) is 4.15. The molecular formula is C11H9ClFN3O. The number of ketones is 1. The fraction of sp³-hybridized carbons (Fsp3) is 0.182. The van der Waals surface area contributed by atoms with Crippen LogP contribution in [-0.4, -0.2) is 20.5 Å². The van der Waals surface area contributed by atoms with Crippen molar-refractivity contribution in [2.24, 2.45) is 7.05 Å². The molecule has 0 fully saturated rings. The minimum Gasteiger partial charge on any atom is -0.294 e. The lowest BCUT2D eigenvalue weighted by atomic mass is 10.1. The molecule has 0 aliphatic carbocycles. The van der Waals surface area contributed by atoms with Gasteiger partial charge < -0.3 is 0 Å². The van der Waals surface area contributed by atoms with Crippen molar-refractivity contribution in [3.63, 3.8) is 0 Å². The second-order valence-corrected chi connectivity index (χ2v) is 3.88. The highest BCUT2D eigenvalue weighted by Crippen LogP contribution is 2.20. The minimum absolute atomic E-state index is 0.0413. The van der Waals surface area contributed by atoms with E-state index in [1.807, 2.05) is 0 Å². The molecule has 88 valence electrons. The van der Waals surface area contributed by atoms with Crippen molar-refractivity contribution < 1.29 is 9.18 Å². The van der Waals surface area contributed by atoms with Crippen LogP contribution in [-0.2, 0) is 13.5 Å².